The van der Waals surface area contributed by atoms with E-state index in [1.807, 2.05) is 30.3 Å². The van der Waals surface area contributed by atoms with Crippen molar-refractivity contribution in [2.45, 2.75) is 39.5 Å². The van der Waals surface area contributed by atoms with Crippen LogP contribution in [0.5, 0.6) is 5.75 Å². The molecule has 0 saturated heterocycles. The maximum absolute atomic E-state index is 10.7. The lowest BCUT2D eigenvalue weighted by atomic mass is 10.1. The van der Waals surface area contributed by atoms with Gasteiger partial charge in [-0.2, -0.15) is 0 Å². The Morgan fingerprint density at radius 1 is 0.943 bits per heavy atom. The summed E-state index contributed by atoms with van der Waals surface area (Å²) in [5, 5.41) is 13.1. The minimum Gasteiger partial charge on any atom is -0.507 e. The number of fused-ring (bicyclic) bond motifs is 2. The molecule has 0 amide bonds. The van der Waals surface area contributed by atoms with Crippen LogP contribution < -0.4 is 4.90 Å². The highest BCUT2D eigenvalue weighted by atomic mass is 35.5. The zero-order chi connectivity index (χ0) is 24.4. The molecule has 0 fully saturated rings. The second-order valence-electron chi connectivity index (χ2n) is 8.89. The number of anilines is 1. The lowest BCUT2D eigenvalue weighted by Crippen LogP contribution is -2.25. The van der Waals surface area contributed by atoms with Crippen LogP contribution in [0.15, 0.2) is 65.1 Å². The number of phenols is 1. The Kier molecular flexibility index (Phi) is 6.98. The molecule has 2 aromatic heterocycles. The number of hydrogen-bond acceptors (Lipinski definition) is 5. The van der Waals surface area contributed by atoms with Crippen LogP contribution in [0, 0.1) is 0 Å². The standard InChI is InChI=1S/C29H29ClN2O2S/c1-3-5-13-32(14-6-4-2)22-10-7-19(8-11-22)26-16-20-15-23(25(33)18-27(20)34-26)29-31-24-17-21(30)9-12-28(24)35-29/h7-12,15-18,33H,3-6,13-14H2,1-2H3. The predicted octanol–water partition coefficient (Wildman–Crippen LogP) is 9.14. The number of unbranched alkanes of at least 4 members (excludes halogenated alkanes) is 2. The zero-order valence-corrected chi connectivity index (χ0v) is 21.6. The van der Waals surface area contributed by atoms with Gasteiger partial charge in [0.25, 0.3) is 0 Å². The Bertz CT molecular complexity index is 1450. The fourth-order valence-corrected chi connectivity index (χ4v) is 5.45. The molecule has 3 aromatic carbocycles. The predicted molar refractivity (Wildman–Crippen MR) is 149 cm³/mol. The van der Waals surface area contributed by atoms with Gasteiger partial charge < -0.3 is 14.4 Å². The van der Waals surface area contributed by atoms with Crippen molar-refractivity contribution in [2.75, 3.05) is 18.0 Å². The van der Waals surface area contributed by atoms with Gasteiger partial charge in [0.2, 0.25) is 0 Å². The van der Waals surface area contributed by atoms with Crippen molar-refractivity contribution in [2.24, 2.45) is 0 Å². The Morgan fingerprint density at radius 2 is 1.69 bits per heavy atom. The minimum atomic E-state index is 0.154. The second-order valence-corrected chi connectivity index (χ2v) is 10.4. The highest BCUT2D eigenvalue weighted by molar-refractivity contribution is 7.21. The highest BCUT2D eigenvalue weighted by Gasteiger charge is 2.15. The Labute approximate surface area is 214 Å². The van der Waals surface area contributed by atoms with Crippen molar-refractivity contribution >= 4 is 49.8 Å². The number of phenolic OH excluding ortho intramolecular Hbond substituents is 1. The van der Waals surface area contributed by atoms with E-state index in [-0.39, 0.29) is 5.75 Å². The highest BCUT2D eigenvalue weighted by Crippen LogP contribution is 2.40. The summed E-state index contributed by atoms with van der Waals surface area (Å²) in [6, 6.07) is 19.9. The number of hydrogen-bond donors (Lipinski definition) is 1. The first-order valence-electron chi connectivity index (χ1n) is 12.2. The molecule has 5 aromatic rings. The number of furan rings is 1. The molecule has 4 nitrogen and oxygen atoms in total. The van der Waals surface area contributed by atoms with Gasteiger partial charge in [-0.25, -0.2) is 4.98 Å². The van der Waals surface area contributed by atoms with Gasteiger partial charge in [-0.15, -0.1) is 11.3 Å². The Balaban J connectivity index is 1.44. The molecule has 0 bridgehead atoms. The van der Waals surface area contributed by atoms with E-state index >= 15 is 0 Å². The molecule has 5 rings (SSSR count). The molecule has 35 heavy (non-hydrogen) atoms. The molecule has 0 atom stereocenters. The molecule has 0 unspecified atom stereocenters. The lowest BCUT2D eigenvalue weighted by molar-refractivity contribution is 0.476. The van der Waals surface area contributed by atoms with Crippen LogP contribution in [0.1, 0.15) is 39.5 Å². The summed E-state index contributed by atoms with van der Waals surface area (Å²) in [5.41, 5.74) is 4.45. The van der Waals surface area contributed by atoms with E-state index in [0.29, 0.717) is 16.2 Å². The van der Waals surface area contributed by atoms with Crippen LogP contribution in [-0.2, 0) is 0 Å². The number of benzene rings is 3. The molecule has 6 heteroatoms. The van der Waals surface area contributed by atoms with E-state index in [9.17, 15) is 5.11 Å². The van der Waals surface area contributed by atoms with Crippen LogP contribution >= 0.6 is 22.9 Å². The van der Waals surface area contributed by atoms with Crippen molar-refractivity contribution < 1.29 is 9.52 Å². The first-order chi connectivity index (χ1) is 17.1. The fraction of sp³-hybridized carbons (Fsp3) is 0.276. The van der Waals surface area contributed by atoms with Gasteiger partial charge in [-0.05, 0) is 67.4 Å². The van der Waals surface area contributed by atoms with Crippen molar-refractivity contribution in [1.29, 1.82) is 0 Å². The van der Waals surface area contributed by atoms with Gasteiger partial charge in [0.15, 0.2) is 0 Å². The smallest absolute Gasteiger partial charge is 0.138 e. The summed E-state index contributed by atoms with van der Waals surface area (Å²) >= 11 is 7.65. The van der Waals surface area contributed by atoms with Gasteiger partial charge >= 0.3 is 0 Å². The summed E-state index contributed by atoms with van der Waals surface area (Å²) in [5.74, 6) is 0.939. The van der Waals surface area contributed by atoms with Gasteiger partial charge in [0.1, 0.15) is 22.1 Å². The van der Waals surface area contributed by atoms with Gasteiger partial charge in [-0.1, -0.05) is 38.3 Å². The number of aromatic nitrogens is 1. The van der Waals surface area contributed by atoms with Crippen molar-refractivity contribution in [3.8, 4) is 27.6 Å². The quantitative estimate of drug-likeness (QED) is 0.217. The Hall–Kier alpha value is -3.02. The maximum Gasteiger partial charge on any atom is 0.138 e. The third-order valence-corrected chi connectivity index (χ3v) is 7.60. The number of rotatable bonds is 9. The Morgan fingerprint density at radius 3 is 2.40 bits per heavy atom. The van der Waals surface area contributed by atoms with Crippen LogP contribution in [-0.4, -0.2) is 23.2 Å². The first-order valence-corrected chi connectivity index (χ1v) is 13.4. The van der Waals surface area contributed by atoms with Crippen molar-refractivity contribution in [1.82, 2.24) is 4.98 Å². The molecule has 180 valence electrons. The molecule has 0 aliphatic rings. The largest absolute Gasteiger partial charge is 0.507 e. The van der Waals surface area contributed by atoms with Gasteiger partial charge in [0, 0.05) is 40.8 Å². The number of thiazole rings is 1. The summed E-state index contributed by atoms with van der Waals surface area (Å²) in [6.45, 7) is 6.64. The molecular weight excluding hydrogens is 476 g/mol. The SMILES string of the molecule is CCCCN(CCCC)c1ccc(-c2cc3cc(-c4nc5cc(Cl)ccc5s4)c(O)cc3o2)cc1. The average Bonchev–Trinajstić information content (AvgIpc) is 3.47. The minimum absolute atomic E-state index is 0.154. The van der Waals surface area contributed by atoms with E-state index in [4.69, 9.17) is 16.0 Å². The maximum atomic E-state index is 10.7. The number of nitrogens with zero attached hydrogens (tertiary/aromatic N) is 2. The van der Waals surface area contributed by atoms with Crippen LogP contribution in [0.25, 0.3) is 43.1 Å². The molecule has 0 aliphatic heterocycles. The summed E-state index contributed by atoms with van der Waals surface area (Å²) < 4.78 is 7.15. The average molecular weight is 505 g/mol. The van der Waals surface area contributed by atoms with Crippen LogP contribution in [0.3, 0.4) is 0 Å². The lowest BCUT2D eigenvalue weighted by Gasteiger charge is -2.24. The topological polar surface area (TPSA) is 49.5 Å². The molecular formula is C29H29ClN2O2S. The molecule has 1 N–H and O–H groups in total. The molecule has 0 saturated carbocycles. The van der Waals surface area contributed by atoms with E-state index in [0.717, 1.165) is 45.0 Å². The second kappa shape index (κ2) is 10.3. The molecule has 2 heterocycles. The van der Waals surface area contributed by atoms with Gasteiger partial charge in [-0.3, -0.25) is 0 Å². The molecule has 0 spiro atoms. The van der Waals surface area contributed by atoms with Crippen molar-refractivity contribution in [3.63, 3.8) is 0 Å². The normalized spacial score (nSPS) is 11.5. The fourth-order valence-electron chi connectivity index (χ4n) is 4.31. The molecule has 0 radical (unpaired) electrons. The summed E-state index contributed by atoms with van der Waals surface area (Å²) in [6.07, 6.45) is 4.78. The van der Waals surface area contributed by atoms with Gasteiger partial charge in [0.05, 0.1) is 15.8 Å². The third-order valence-electron chi connectivity index (χ3n) is 6.29. The van der Waals surface area contributed by atoms with Crippen LogP contribution in [0.2, 0.25) is 5.02 Å². The van der Waals surface area contributed by atoms with E-state index in [1.165, 1.54) is 42.7 Å². The number of halogens is 1. The van der Waals surface area contributed by atoms with E-state index in [2.05, 4.69) is 48.0 Å². The van der Waals surface area contributed by atoms with Crippen LogP contribution in [0.4, 0.5) is 5.69 Å². The third kappa shape index (κ3) is 5.02. The number of aromatic hydroxyl groups is 1. The summed E-state index contributed by atoms with van der Waals surface area (Å²) in [4.78, 5) is 7.16. The zero-order valence-electron chi connectivity index (χ0n) is 20.1. The first kappa shape index (κ1) is 23.7. The van der Waals surface area contributed by atoms with E-state index in [1.54, 1.807) is 6.07 Å². The molecule has 0 aliphatic carbocycles. The van der Waals surface area contributed by atoms with E-state index < -0.39 is 0 Å². The summed E-state index contributed by atoms with van der Waals surface area (Å²) in [7, 11) is 0. The monoisotopic (exact) mass is 504 g/mol. The van der Waals surface area contributed by atoms with Crippen molar-refractivity contribution in [3.05, 3.63) is 65.7 Å².